The molecule has 1 aliphatic rings. The molecule has 0 aliphatic carbocycles. The van der Waals surface area contributed by atoms with Crippen molar-refractivity contribution < 1.29 is 31.0 Å². The number of rotatable bonds is 13. The van der Waals surface area contributed by atoms with Gasteiger partial charge in [-0.05, 0) is 12.8 Å². The van der Waals surface area contributed by atoms with E-state index in [0.29, 0.717) is 55.7 Å². The highest BCUT2D eigenvalue weighted by Gasteiger charge is 2.36. The van der Waals surface area contributed by atoms with Crippen LogP contribution in [0.15, 0.2) is 22.5 Å². The summed E-state index contributed by atoms with van der Waals surface area (Å²) in [6, 6.07) is 2.75. The molecule has 0 unspecified atom stereocenters. The maximum absolute atomic E-state index is 13.2. The van der Waals surface area contributed by atoms with Crippen molar-refractivity contribution in [1.82, 2.24) is 5.01 Å². The van der Waals surface area contributed by atoms with Gasteiger partial charge in [0.25, 0.3) is 0 Å². The lowest BCUT2D eigenvalue weighted by Gasteiger charge is -2.26. The average Bonchev–Trinajstić information content (AvgIpc) is 2.80. The third-order valence-corrected chi connectivity index (χ3v) is 9.34. The lowest BCUT2D eigenvalue weighted by atomic mass is 10.2. The molecule has 188 valence electrons. The second kappa shape index (κ2) is 12.4. The minimum absolute atomic E-state index is 0.0341. The van der Waals surface area contributed by atoms with Crippen molar-refractivity contribution in [3.63, 3.8) is 0 Å². The molecule has 1 aromatic rings. The fourth-order valence-corrected chi connectivity index (χ4v) is 7.49. The molecule has 0 N–H and O–H groups in total. The Hall–Kier alpha value is -2.12. The van der Waals surface area contributed by atoms with E-state index >= 15 is 0 Å². The van der Waals surface area contributed by atoms with Crippen LogP contribution in [0.1, 0.15) is 39.5 Å². The molecular formula is C20H34N4O7S2. The van der Waals surface area contributed by atoms with Gasteiger partial charge < -0.3 is 14.2 Å². The van der Waals surface area contributed by atoms with Gasteiger partial charge in [-0.3, -0.25) is 5.01 Å². The first-order valence-corrected chi connectivity index (χ1v) is 14.2. The van der Waals surface area contributed by atoms with Gasteiger partial charge in [0.2, 0.25) is 20.0 Å². The molecule has 0 saturated carbocycles. The van der Waals surface area contributed by atoms with Gasteiger partial charge in [-0.25, -0.2) is 16.8 Å². The van der Waals surface area contributed by atoms with Gasteiger partial charge in [-0.15, -0.1) is 5.11 Å². The van der Waals surface area contributed by atoms with E-state index in [9.17, 15) is 16.8 Å². The first-order chi connectivity index (χ1) is 15.7. The predicted octanol–water partition coefficient (Wildman–Crippen LogP) is 3.10. The van der Waals surface area contributed by atoms with Crippen LogP contribution >= 0.6 is 0 Å². The largest absolute Gasteiger partial charge is 0.494 e. The minimum atomic E-state index is -4.19. The summed E-state index contributed by atoms with van der Waals surface area (Å²) in [6.45, 7) is 5.92. The fourth-order valence-electron chi connectivity index (χ4n) is 3.13. The minimum Gasteiger partial charge on any atom is -0.494 e. The van der Waals surface area contributed by atoms with Gasteiger partial charge in [0.15, 0.2) is 0 Å². The first-order valence-electron chi connectivity index (χ1n) is 11.0. The Kier molecular flexibility index (Phi) is 10.2. The number of hydrogen-bond donors (Lipinski definition) is 0. The molecule has 1 aliphatic heterocycles. The molecule has 0 atom stereocenters. The summed E-state index contributed by atoms with van der Waals surface area (Å²) in [5.41, 5.74) is 0.147. The highest BCUT2D eigenvalue weighted by atomic mass is 32.3. The number of nitrogens with zero attached hydrogens (tertiary/aromatic N) is 4. The monoisotopic (exact) mass is 506 g/mol. The zero-order chi connectivity index (χ0) is 24.5. The van der Waals surface area contributed by atoms with Crippen LogP contribution < -0.4 is 13.2 Å². The van der Waals surface area contributed by atoms with Crippen LogP contribution in [0.25, 0.3) is 0 Å². The summed E-state index contributed by atoms with van der Waals surface area (Å²) in [4.78, 5) is 0. The summed E-state index contributed by atoms with van der Waals surface area (Å²) in [6.07, 6.45) is 1.85. The van der Waals surface area contributed by atoms with Crippen LogP contribution in [-0.2, 0) is 24.8 Å². The van der Waals surface area contributed by atoms with E-state index < -0.39 is 20.0 Å². The van der Waals surface area contributed by atoms with Crippen molar-refractivity contribution in [2.45, 2.75) is 39.5 Å². The second-order valence-electron chi connectivity index (χ2n) is 7.49. The number of hydrogen-bond acceptors (Lipinski definition) is 9. The molecule has 0 spiro atoms. The molecule has 0 bridgehead atoms. The smallest absolute Gasteiger partial charge is 0.248 e. The lowest BCUT2D eigenvalue weighted by Crippen LogP contribution is -2.40. The topological polar surface area (TPSA) is 127 Å². The van der Waals surface area contributed by atoms with Crippen molar-refractivity contribution in [3.05, 3.63) is 12.1 Å². The Labute approximate surface area is 196 Å². The normalized spacial score (nSPS) is 15.1. The molecule has 1 heterocycles. The lowest BCUT2D eigenvalue weighted by molar-refractivity contribution is 0.0353. The van der Waals surface area contributed by atoms with Crippen LogP contribution in [0.3, 0.4) is 0 Å². The van der Waals surface area contributed by atoms with Gasteiger partial charge in [0, 0.05) is 12.1 Å². The maximum Gasteiger partial charge on any atom is 0.248 e. The van der Waals surface area contributed by atoms with E-state index in [4.69, 9.17) is 14.2 Å². The summed E-state index contributed by atoms with van der Waals surface area (Å²) in [7, 11) is -5.66. The molecule has 1 fully saturated rings. The number of morpholine rings is 1. The van der Waals surface area contributed by atoms with E-state index in [0.717, 1.165) is 0 Å². The quantitative estimate of drug-likeness (QED) is 0.374. The summed E-state index contributed by atoms with van der Waals surface area (Å²) >= 11 is 0. The van der Waals surface area contributed by atoms with Gasteiger partial charge in [0.1, 0.15) is 22.9 Å². The van der Waals surface area contributed by atoms with Gasteiger partial charge in [-0.2, -0.15) is 3.71 Å². The zero-order valence-corrected chi connectivity index (χ0v) is 21.3. The van der Waals surface area contributed by atoms with Crippen LogP contribution in [-0.4, -0.2) is 73.9 Å². The predicted molar refractivity (Wildman–Crippen MR) is 126 cm³/mol. The Bertz CT molecular complexity index is 969. The SMILES string of the molecule is CCCCS(=O)(=O)N(c1cc(OC)c(N=NN2CCOCC2)cc1OC)S(=O)(=O)CCCC. The molecule has 11 nitrogen and oxygen atoms in total. The van der Waals surface area contributed by atoms with Crippen molar-refractivity contribution in [1.29, 1.82) is 0 Å². The standard InChI is InChI=1S/C20H34N4O7S2/c1-5-7-13-32(25,26)24(33(27,28)14-8-6-2)18-16-19(29-3)17(15-20(18)30-4)21-22-23-9-11-31-12-10-23/h15-16H,5-14H2,1-4H3. The van der Waals surface area contributed by atoms with Gasteiger partial charge in [0.05, 0.1) is 52.0 Å². The zero-order valence-electron chi connectivity index (χ0n) is 19.7. The van der Waals surface area contributed by atoms with Crippen LogP contribution in [0, 0.1) is 0 Å². The molecule has 0 aromatic heterocycles. The number of anilines is 1. The number of unbranched alkanes of at least 4 members (excludes halogenated alkanes) is 2. The molecule has 1 aromatic carbocycles. The highest BCUT2D eigenvalue weighted by Crippen LogP contribution is 2.42. The van der Waals surface area contributed by atoms with Crippen molar-refractivity contribution in [2.24, 2.45) is 10.3 Å². The van der Waals surface area contributed by atoms with Gasteiger partial charge >= 0.3 is 0 Å². The molecule has 2 rings (SSSR count). The first kappa shape index (κ1) is 27.1. The Morgan fingerprint density at radius 2 is 1.48 bits per heavy atom. The maximum atomic E-state index is 13.2. The fraction of sp³-hybridized carbons (Fsp3) is 0.700. The van der Waals surface area contributed by atoms with E-state index in [2.05, 4.69) is 10.3 Å². The molecule has 1 saturated heterocycles. The molecule has 0 amide bonds. The molecule has 33 heavy (non-hydrogen) atoms. The number of methoxy groups -OCH3 is 2. The Morgan fingerprint density at radius 3 is 1.97 bits per heavy atom. The number of benzene rings is 1. The Balaban J connectivity index is 2.58. The summed E-state index contributed by atoms with van der Waals surface area (Å²) in [5.74, 6) is -0.409. The van der Waals surface area contributed by atoms with Crippen molar-refractivity contribution in [3.8, 4) is 11.5 Å². The van der Waals surface area contributed by atoms with E-state index in [1.54, 1.807) is 5.01 Å². The van der Waals surface area contributed by atoms with Gasteiger partial charge in [-0.1, -0.05) is 31.9 Å². The summed E-state index contributed by atoms with van der Waals surface area (Å²) < 4.78 is 69.3. The highest BCUT2D eigenvalue weighted by molar-refractivity contribution is 8.10. The number of sulfonamides is 2. The van der Waals surface area contributed by atoms with Crippen LogP contribution in [0.2, 0.25) is 0 Å². The van der Waals surface area contributed by atoms with Crippen molar-refractivity contribution in [2.75, 3.05) is 55.7 Å². The van der Waals surface area contributed by atoms with Crippen LogP contribution in [0.5, 0.6) is 11.5 Å². The Morgan fingerprint density at radius 1 is 0.939 bits per heavy atom. The van der Waals surface area contributed by atoms with E-state index in [-0.39, 0.29) is 34.4 Å². The number of ether oxygens (including phenoxy) is 3. The summed E-state index contributed by atoms with van der Waals surface area (Å²) in [5, 5.41) is 10.1. The molecule has 0 radical (unpaired) electrons. The second-order valence-corrected chi connectivity index (χ2v) is 11.6. The van der Waals surface area contributed by atoms with E-state index in [1.165, 1.54) is 26.4 Å². The van der Waals surface area contributed by atoms with Crippen molar-refractivity contribution >= 4 is 31.4 Å². The third-order valence-electron chi connectivity index (χ3n) is 4.96. The van der Waals surface area contributed by atoms with E-state index in [1.807, 2.05) is 13.8 Å². The van der Waals surface area contributed by atoms with Crippen LogP contribution in [0.4, 0.5) is 11.4 Å². The molecular weight excluding hydrogens is 472 g/mol. The average molecular weight is 507 g/mol. The third kappa shape index (κ3) is 7.18. The molecule has 13 heteroatoms.